The zero-order chi connectivity index (χ0) is 20.8. The maximum absolute atomic E-state index is 13.0. The molecule has 0 aliphatic carbocycles. The van der Waals surface area contributed by atoms with Crippen LogP contribution in [0.5, 0.6) is 17.2 Å². The van der Waals surface area contributed by atoms with Crippen LogP contribution in [-0.2, 0) is 4.79 Å². The molecule has 0 radical (unpaired) electrons. The second kappa shape index (κ2) is 9.28. The van der Waals surface area contributed by atoms with Gasteiger partial charge in [-0.3, -0.25) is 4.79 Å². The van der Waals surface area contributed by atoms with E-state index in [1.807, 2.05) is 18.2 Å². The van der Waals surface area contributed by atoms with Gasteiger partial charge in [0.2, 0.25) is 5.91 Å². The molecule has 3 rings (SSSR count). The Morgan fingerprint density at radius 1 is 1.03 bits per heavy atom. The Bertz CT molecular complexity index is 909. The zero-order valence-corrected chi connectivity index (χ0v) is 16.8. The Kier molecular flexibility index (Phi) is 6.54. The van der Waals surface area contributed by atoms with E-state index in [1.165, 1.54) is 18.2 Å². The number of methoxy groups -OCH3 is 3. The highest BCUT2D eigenvalue weighted by Gasteiger charge is 2.22. The van der Waals surface area contributed by atoms with Crippen LogP contribution >= 0.6 is 0 Å². The number of hydrogen-bond acceptors (Lipinski definition) is 4. The molecule has 2 aromatic rings. The summed E-state index contributed by atoms with van der Waals surface area (Å²) in [6.45, 7) is 1.07. The van der Waals surface area contributed by atoms with Crippen LogP contribution in [0, 0.1) is 5.82 Å². The Labute approximate surface area is 170 Å². The summed E-state index contributed by atoms with van der Waals surface area (Å²) in [6.07, 6.45) is 5.90. The molecule has 152 valence electrons. The number of carbonyl (C=O) groups is 1. The molecule has 0 saturated carbocycles. The van der Waals surface area contributed by atoms with Crippen molar-refractivity contribution in [2.75, 3.05) is 34.4 Å². The SMILES string of the molecule is COc1cc(OC)c(C2=CCN(C(=O)C=Cc3ccc(F)cc3)CC2)c(OC)c1. The van der Waals surface area contributed by atoms with Crippen LogP contribution in [0.3, 0.4) is 0 Å². The first-order chi connectivity index (χ1) is 14.0. The lowest BCUT2D eigenvalue weighted by atomic mass is 9.97. The Balaban J connectivity index is 1.75. The number of rotatable bonds is 6. The second-order valence-corrected chi connectivity index (χ2v) is 6.56. The van der Waals surface area contributed by atoms with Crippen molar-refractivity contribution in [3.8, 4) is 17.2 Å². The van der Waals surface area contributed by atoms with Crippen molar-refractivity contribution in [3.63, 3.8) is 0 Å². The minimum absolute atomic E-state index is 0.0849. The average Bonchev–Trinajstić information content (AvgIpc) is 2.77. The van der Waals surface area contributed by atoms with E-state index in [4.69, 9.17) is 14.2 Å². The van der Waals surface area contributed by atoms with Gasteiger partial charge < -0.3 is 19.1 Å². The van der Waals surface area contributed by atoms with Crippen LogP contribution in [0.25, 0.3) is 11.6 Å². The first-order valence-electron chi connectivity index (χ1n) is 9.27. The van der Waals surface area contributed by atoms with Gasteiger partial charge in [0.15, 0.2) is 0 Å². The number of hydrogen-bond donors (Lipinski definition) is 0. The molecule has 5 nitrogen and oxygen atoms in total. The third kappa shape index (κ3) is 4.77. The largest absolute Gasteiger partial charge is 0.496 e. The monoisotopic (exact) mass is 397 g/mol. The summed E-state index contributed by atoms with van der Waals surface area (Å²) in [5, 5.41) is 0. The number of nitrogens with zero attached hydrogens (tertiary/aromatic N) is 1. The predicted molar refractivity (Wildman–Crippen MR) is 111 cm³/mol. The summed E-state index contributed by atoms with van der Waals surface area (Å²) in [6, 6.07) is 9.65. The number of ether oxygens (including phenoxy) is 3. The molecule has 0 bridgehead atoms. The zero-order valence-electron chi connectivity index (χ0n) is 16.8. The van der Waals surface area contributed by atoms with Gasteiger partial charge in [0.25, 0.3) is 0 Å². The summed E-state index contributed by atoms with van der Waals surface area (Å²) in [5.41, 5.74) is 2.72. The van der Waals surface area contributed by atoms with E-state index in [2.05, 4.69) is 0 Å². The highest BCUT2D eigenvalue weighted by atomic mass is 19.1. The first-order valence-corrected chi connectivity index (χ1v) is 9.27. The van der Waals surface area contributed by atoms with Crippen molar-refractivity contribution in [3.05, 3.63) is 65.5 Å². The van der Waals surface area contributed by atoms with Crippen molar-refractivity contribution in [1.82, 2.24) is 4.90 Å². The minimum Gasteiger partial charge on any atom is -0.496 e. The van der Waals surface area contributed by atoms with E-state index >= 15 is 0 Å². The highest BCUT2D eigenvalue weighted by molar-refractivity contribution is 5.92. The maximum atomic E-state index is 13.0. The summed E-state index contributed by atoms with van der Waals surface area (Å²) >= 11 is 0. The van der Waals surface area contributed by atoms with Gasteiger partial charge in [0.1, 0.15) is 23.1 Å². The number of carbonyl (C=O) groups excluding carboxylic acids is 1. The average molecular weight is 397 g/mol. The van der Waals surface area contributed by atoms with Crippen molar-refractivity contribution in [2.45, 2.75) is 6.42 Å². The van der Waals surface area contributed by atoms with Crippen LogP contribution in [0.1, 0.15) is 17.5 Å². The molecule has 29 heavy (non-hydrogen) atoms. The Morgan fingerprint density at radius 2 is 1.69 bits per heavy atom. The third-order valence-corrected chi connectivity index (χ3v) is 4.85. The topological polar surface area (TPSA) is 48.0 Å². The molecule has 6 heteroatoms. The third-order valence-electron chi connectivity index (χ3n) is 4.85. The molecule has 2 aromatic carbocycles. The van der Waals surface area contributed by atoms with Gasteiger partial charge in [-0.15, -0.1) is 0 Å². The minimum atomic E-state index is -0.299. The Morgan fingerprint density at radius 3 is 2.21 bits per heavy atom. The van der Waals surface area contributed by atoms with Gasteiger partial charge in [-0.2, -0.15) is 0 Å². The molecule has 0 spiro atoms. The smallest absolute Gasteiger partial charge is 0.246 e. The van der Waals surface area contributed by atoms with Crippen LogP contribution in [0.2, 0.25) is 0 Å². The van der Waals surface area contributed by atoms with Crippen molar-refractivity contribution in [1.29, 1.82) is 0 Å². The van der Waals surface area contributed by atoms with Gasteiger partial charge in [-0.05, 0) is 35.8 Å². The molecule has 1 heterocycles. The van der Waals surface area contributed by atoms with Gasteiger partial charge in [0, 0.05) is 31.3 Å². The molecule has 1 aliphatic rings. The molecule has 1 amide bonds. The lowest BCUT2D eigenvalue weighted by Gasteiger charge is -2.27. The lowest BCUT2D eigenvalue weighted by molar-refractivity contribution is -0.125. The molecule has 1 aliphatic heterocycles. The fraction of sp³-hybridized carbons (Fsp3) is 0.261. The summed E-state index contributed by atoms with van der Waals surface area (Å²) < 4.78 is 29.3. The van der Waals surface area contributed by atoms with E-state index in [9.17, 15) is 9.18 Å². The summed E-state index contributed by atoms with van der Waals surface area (Å²) in [7, 11) is 4.81. The quantitative estimate of drug-likeness (QED) is 0.686. The van der Waals surface area contributed by atoms with Crippen LogP contribution in [0.15, 0.2) is 48.6 Å². The van der Waals surface area contributed by atoms with E-state index in [1.54, 1.807) is 44.4 Å². The van der Waals surface area contributed by atoms with E-state index in [0.717, 1.165) is 16.7 Å². The summed E-state index contributed by atoms with van der Waals surface area (Å²) in [5.74, 6) is 1.61. The number of benzene rings is 2. The maximum Gasteiger partial charge on any atom is 0.246 e. The molecule has 0 fully saturated rings. The number of amides is 1. The highest BCUT2D eigenvalue weighted by Crippen LogP contribution is 2.40. The first kappa shape index (κ1) is 20.5. The van der Waals surface area contributed by atoms with Crippen molar-refractivity contribution >= 4 is 17.6 Å². The van der Waals surface area contributed by atoms with Gasteiger partial charge in [0.05, 0.1) is 26.9 Å². The normalized spacial score (nSPS) is 13.9. The van der Waals surface area contributed by atoms with E-state index in [0.29, 0.717) is 36.8 Å². The van der Waals surface area contributed by atoms with E-state index < -0.39 is 0 Å². The molecular formula is C23H24FNO4. The molecule has 0 saturated heterocycles. The molecular weight excluding hydrogens is 373 g/mol. The van der Waals surface area contributed by atoms with Gasteiger partial charge in [-0.1, -0.05) is 18.2 Å². The van der Waals surface area contributed by atoms with Crippen LogP contribution in [0.4, 0.5) is 4.39 Å². The molecule has 0 N–H and O–H groups in total. The molecule has 0 atom stereocenters. The van der Waals surface area contributed by atoms with E-state index in [-0.39, 0.29) is 11.7 Å². The Hall–Kier alpha value is -3.28. The number of halogens is 1. The van der Waals surface area contributed by atoms with Crippen molar-refractivity contribution < 1.29 is 23.4 Å². The van der Waals surface area contributed by atoms with Crippen LogP contribution in [-0.4, -0.2) is 45.2 Å². The molecule has 0 unspecified atom stereocenters. The fourth-order valence-corrected chi connectivity index (χ4v) is 3.27. The standard InChI is InChI=1S/C23H24FNO4/c1-27-19-14-20(28-2)23(21(15-19)29-3)17-10-12-25(13-11-17)22(26)9-6-16-4-7-18(24)8-5-16/h4-10,14-15H,11-13H2,1-3H3. The fourth-order valence-electron chi connectivity index (χ4n) is 3.27. The lowest BCUT2D eigenvalue weighted by Crippen LogP contribution is -2.33. The second-order valence-electron chi connectivity index (χ2n) is 6.56. The molecule has 0 aromatic heterocycles. The van der Waals surface area contributed by atoms with Crippen molar-refractivity contribution in [2.24, 2.45) is 0 Å². The predicted octanol–water partition coefficient (Wildman–Crippen LogP) is 4.18. The van der Waals surface area contributed by atoms with Gasteiger partial charge >= 0.3 is 0 Å². The van der Waals surface area contributed by atoms with Gasteiger partial charge in [-0.25, -0.2) is 4.39 Å². The summed E-state index contributed by atoms with van der Waals surface area (Å²) in [4.78, 5) is 14.2. The van der Waals surface area contributed by atoms with Crippen LogP contribution < -0.4 is 14.2 Å².